The van der Waals surface area contributed by atoms with Crippen molar-refractivity contribution < 1.29 is 23.4 Å². The number of rotatable bonds is 8. The van der Waals surface area contributed by atoms with Crippen LogP contribution in [0.4, 0.5) is 18.9 Å². The maximum atomic E-state index is 15.0. The number of aromatic nitrogens is 2. The number of aromatic amines is 1. The summed E-state index contributed by atoms with van der Waals surface area (Å²) in [5.74, 6) is -1.39. The lowest BCUT2D eigenvalue weighted by molar-refractivity contribution is 0.0512. The number of aliphatic hydroxyl groups excluding tert-OH is 2. The highest BCUT2D eigenvalue weighted by Crippen LogP contribution is 2.35. The molecule has 37 heavy (non-hydrogen) atoms. The molecule has 3 heterocycles. The van der Waals surface area contributed by atoms with Crippen LogP contribution in [0.5, 0.6) is 0 Å². The number of benzene rings is 2. The van der Waals surface area contributed by atoms with Gasteiger partial charge >= 0.3 is 0 Å². The van der Waals surface area contributed by atoms with E-state index in [-0.39, 0.29) is 24.9 Å². The molecule has 9 heteroatoms. The number of anilines is 1. The van der Waals surface area contributed by atoms with Crippen LogP contribution in [-0.4, -0.2) is 57.4 Å². The fourth-order valence-electron chi connectivity index (χ4n) is 5.04. The highest BCUT2D eigenvalue weighted by Gasteiger charge is 2.24. The van der Waals surface area contributed by atoms with Gasteiger partial charge in [-0.3, -0.25) is 0 Å². The molecule has 0 spiro atoms. The van der Waals surface area contributed by atoms with E-state index in [1.54, 1.807) is 24.4 Å². The van der Waals surface area contributed by atoms with Gasteiger partial charge in [-0.2, -0.15) is 0 Å². The summed E-state index contributed by atoms with van der Waals surface area (Å²) >= 11 is 0. The molecule has 0 aliphatic carbocycles. The number of nitrogens with one attached hydrogen (secondary N) is 2. The van der Waals surface area contributed by atoms with E-state index in [1.165, 1.54) is 18.2 Å². The van der Waals surface area contributed by atoms with Gasteiger partial charge in [0.1, 0.15) is 23.1 Å². The number of fused-ring (bicyclic) bond motifs is 1. The van der Waals surface area contributed by atoms with Crippen molar-refractivity contribution in [2.24, 2.45) is 0 Å². The first-order chi connectivity index (χ1) is 17.9. The Morgan fingerprint density at radius 1 is 1.00 bits per heavy atom. The fourth-order valence-corrected chi connectivity index (χ4v) is 5.04. The van der Waals surface area contributed by atoms with E-state index in [0.717, 1.165) is 43.1 Å². The van der Waals surface area contributed by atoms with Gasteiger partial charge in [-0.25, -0.2) is 18.2 Å². The molecule has 1 aliphatic heterocycles. The number of hydrogen-bond acceptors (Lipinski definition) is 5. The summed E-state index contributed by atoms with van der Waals surface area (Å²) < 4.78 is 42.0. The minimum Gasteiger partial charge on any atom is -0.394 e. The lowest BCUT2D eigenvalue weighted by Crippen LogP contribution is -2.39. The quantitative estimate of drug-likeness (QED) is 0.274. The molecule has 4 aromatic rings. The van der Waals surface area contributed by atoms with Gasteiger partial charge in [0.2, 0.25) is 0 Å². The summed E-state index contributed by atoms with van der Waals surface area (Å²) in [6.45, 7) is 2.03. The van der Waals surface area contributed by atoms with Crippen LogP contribution < -0.4 is 5.32 Å². The van der Waals surface area contributed by atoms with Gasteiger partial charge in [0.15, 0.2) is 0 Å². The largest absolute Gasteiger partial charge is 0.394 e. The Labute approximate surface area is 212 Å². The number of H-pyrrole nitrogens is 1. The van der Waals surface area contributed by atoms with Gasteiger partial charge in [0.25, 0.3) is 0 Å². The fraction of sp³-hybridized carbons (Fsp3) is 0.321. The molecular formula is C28H29F3N4O2. The van der Waals surface area contributed by atoms with Gasteiger partial charge in [-0.1, -0.05) is 0 Å². The van der Waals surface area contributed by atoms with Gasteiger partial charge < -0.3 is 25.4 Å². The molecule has 0 amide bonds. The Balaban J connectivity index is 1.36. The molecule has 1 atom stereocenters. The monoisotopic (exact) mass is 510 g/mol. The number of hydrogen-bond donors (Lipinski definition) is 4. The van der Waals surface area contributed by atoms with Crippen LogP contribution >= 0.6 is 0 Å². The van der Waals surface area contributed by atoms with E-state index in [0.29, 0.717) is 34.6 Å². The molecule has 0 saturated carbocycles. The number of piperidine rings is 1. The van der Waals surface area contributed by atoms with E-state index < -0.39 is 17.7 Å². The van der Waals surface area contributed by atoms with Crippen LogP contribution in [-0.2, 0) is 6.54 Å². The standard InChI is InChI=1S/C28H29F3N4O2/c29-19-9-17(10-20(30)11-19)14-33-21-1-2-26(31)24(12-21)23-3-6-32-28-25(23)13-27(34-28)18-4-7-35(8-5-18)15-22(37)16-36/h1-3,6,9-13,18,22,33,36-37H,4-5,7-8,14-16H2,(H,32,34). The van der Waals surface area contributed by atoms with E-state index in [1.807, 2.05) is 6.07 Å². The average Bonchev–Trinajstić information content (AvgIpc) is 3.33. The molecule has 5 rings (SSSR count). The van der Waals surface area contributed by atoms with Crippen molar-refractivity contribution >= 4 is 16.7 Å². The van der Waals surface area contributed by atoms with Crippen molar-refractivity contribution in [3.63, 3.8) is 0 Å². The summed E-state index contributed by atoms with van der Waals surface area (Å²) in [4.78, 5) is 10.0. The Kier molecular flexibility index (Phi) is 7.45. The van der Waals surface area contributed by atoms with Crippen LogP contribution in [0.25, 0.3) is 22.2 Å². The number of nitrogens with zero attached hydrogens (tertiary/aromatic N) is 2. The van der Waals surface area contributed by atoms with Crippen molar-refractivity contribution in [2.45, 2.75) is 31.4 Å². The SMILES string of the molecule is OCC(O)CN1CCC(c2cc3c(-c4cc(NCc5cc(F)cc(F)c5)ccc4F)ccnc3[nH]2)CC1. The molecule has 2 aromatic carbocycles. The average molecular weight is 511 g/mol. The zero-order chi connectivity index (χ0) is 25.9. The molecule has 0 bridgehead atoms. The van der Waals surface area contributed by atoms with Crippen molar-refractivity contribution in [1.29, 1.82) is 0 Å². The molecule has 1 aliphatic rings. The third-order valence-corrected chi connectivity index (χ3v) is 6.94. The summed E-state index contributed by atoms with van der Waals surface area (Å²) in [6.07, 6.45) is 2.71. The number of pyridine rings is 1. The number of aliphatic hydroxyl groups is 2. The second kappa shape index (κ2) is 10.9. The van der Waals surface area contributed by atoms with Gasteiger partial charge in [0.05, 0.1) is 12.7 Å². The highest BCUT2D eigenvalue weighted by molar-refractivity contribution is 5.94. The third kappa shape index (κ3) is 5.79. The zero-order valence-corrected chi connectivity index (χ0v) is 20.2. The number of β-amino-alcohol motifs (C(OH)–C–C–N with tert-alkyl or cyclic N) is 1. The summed E-state index contributed by atoms with van der Waals surface area (Å²) in [5.41, 5.74) is 3.90. The van der Waals surface area contributed by atoms with Gasteiger partial charge in [-0.05, 0) is 79.5 Å². The van der Waals surface area contributed by atoms with Crippen LogP contribution in [0, 0.1) is 17.5 Å². The van der Waals surface area contributed by atoms with Crippen molar-refractivity contribution in [3.8, 4) is 11.1 Å². The van der Waals surface area contributed by atoms with Crippen molar-refractivity contribution in [1.82, 2.24) is 14.9 Å². The first-order valence-corrected chi connectivity index (χ1v) is 12.4. The highest BCUT2D eigenvalue weighted by atomic mass is 19.1. The molecule has 1 unspecified atom stereocenters. The molecule has 0 radical (unpaired) electrons. The molecule has 2 aromatic heterocycles. The maximum absolute atomic E-state index is 15.0. The van der Waals surface area contributed by atoms with E-state index >= 15 is 0 Å². The normalized spacial score (nSPS) is 15.8. The molecule has 1 saturated heterocycles. The van der Waals surface area contributed by atoms with Crippen molar-refractivity contribution in [2.75, 3.05) is 31.6 Å². The topological polar surface area (TPSA) is 84.4 Å². The molecule has 4 N–H and O–H groups in total. The smallest absolute Gasteiger partial charge is 0.138 e. The number of likely N-dealkylation sites (tertiary alicyclic amines) is 1. The second-order valence-electron chi connectivity index (χ2n) is 9.58. The summed E-state index contributed by atoms with van der Waals surface area (Å²) in [7, 11) is 0. The van der Waals surface area contributed by atoms with Crippen LogP contribution in [0.3, 0.4) is 0 Å². The second-order valence-corrected chi connectivity index (χ2v) is 9.58. The number of halogens is 3. The maximum Gasteiger partial charge on any atom is 0.138 e. The van der Waals surface area contributed by atoms with Crippen LogP contribution in [0.2, 0.25) is 0 Å². The summed E-state index contributed by atoms with van der Waals surface area (Å²) in [6, 6.07) is 11.8. The molecule has 1 fully saturated rings. The van der Waals surface area contributed by atoms with Crippen LogP contribution in [0.1, 0.15) is 30.0 Å². The Hall–Kier alpha value is -3.40. The van der Waals surface area contributed by atoms with Crippen molar-refractivity contribution in [3.05, 3.63) is 83.4 Å². The van der Waals surface area contributed by atoms with E-state index in [4.69, 9.17) is 5.11 Å². The lowest BCUT2D eigenvalue weighted by atomic mass is 9.93. The molecule has 194 valence electrons. The zero-order valence-electron chi connectivity index (χ0n) is 20.2. The summed E-state index contributed by atoms with van der Waals surface area (Å²) in [5, 5.41) is 22.7. The van der Waals surface area contributed by atoms with Crippen LogP contribution in [0.15, 0.2) is 54.7 Å². The first-order valence-electron chi connectivity index (χ1n) is 12.4. The lowest BCUT2D eigenvalue weighted by Gasteiger charge is -2.32. The predicted octanol–water partition coefficient (Wildman–Crippen LogP) is 4.79. The minimum atomic E-state index is -0.730. The third-order valence-electron chi connectivity index (χ3n) is 6.94. The molecule has 6 nitrogen and oxygen atoms in total. The minimum absolute atomic E-state index is 0.188. The molecular weight excluding hydrogens is 481 g/mol. The first kappa shape index (κ1) is 25.3. The van der Waals surface area contributed by atoms with E-state index in [9.17, 15) is 18.3 Å². The Morgan fingerprint density at radius 2 is 1.76 bits per heavy atom. The van der Waals surface area contributed by atoms with Gasteiger partial charge in [-0.15, -0.1) is 0 Å². The predicted molar refractivity (Wildman–Crippen MR) is 137 cm³/mol. The Bertz CT molecular complexity index is 1370. The van der Waals surface area contributed by atoms with Gasteiger partial charge in [0, 0.05) is 53.6 Å². The Morgan fingerprint density at radius 3 is 2.49 bits per heavy atom. The van der Waals surface area contributed by atoms with E-state index in [2.05, 4.69) is 20.2 Å².